The van der Waals surface area contributed by atoms with Crippen molar-refractivity contribution in [1.29, 1.82) is 0 Å². The molecule has 0 unspecified atom stereocenters. The minimum atomic E-state index is -0.547. The lowest BCUT2D eigenvalue weighted by molar-refractivity contribution is 0.0469. The number of carbonyl (C=O) groups excluding carboxylic acids is 1. The van der Waals surface area contributed by atoms with E-state index in [1.807, 2.05) is 18.2 Å². The van der Waals surface area contributed by atoms with E-state index in [1.54, 1.807) is 32.2 Å². The van der Waals surface area contributed by atoms with Crippen LogP contribution in [-0.2, 0) is 11.3 Å². The van der Waals surface area contributed by atoms with Crippen LogP contribution in [0.2, 0.25) is 0 Å². The van der Waals surface area contributed by atoms with Gasteiger partial charge >= 0.3 is 5.97 Å². The molecule has 0 saturated carbocycles. The molecule has 4 heteroatoms. The number of hydrogen-bond acceptors (Lipinski definition) is 4. The lowest BCUT2D eigenvalue weighted by Gasteiger charge is -2.08. The molecule has 0 aliphatic carbocycles. The van der Waals surface area contributed by atoms with Crippen molar-refractivity contribution in [2.75, 3.05) is 7.11 Å². The summed E-state index contributed by atoms with van der Waals surface area (Å²) >= 11 is 0. The molecule has 20 heavy (non-hydrogen) atoms. The molecular weight excluding hydrogens is 256 g/mol. The molecule has 0 heterocycles. The van der Waals surface area contributed by atoms with Gasteiger partial charge in [-0.2, -0.15) is 0 Å². The van der Waals surface area contributed by atoms with Gasteiger partial charge in [-0.05, 0) is 36.2 Å². The van der Waals surface area contributed by atoms with Crippen molar-refractivity contribution in [1.82, 2.24) is 0 Å². The summed E-state index contributed by atoms with van der Waals surface area (Å²) in [6.07, 6.45) is 0. The minimum absolute atomic E-state index is 0.0388. The molecule has 104 valence electrons. The van der Waals surface area contributed by atoms with Gasteiger partial charge in [-0.1, -0.05) is 24.3 Å². The Morgan fingerprint density at radius 1 is 1.20 bits per heavy atom. The zero-order valence-electron chi connectivity index (χ0n) is 11.4. The Kier molecular flexibility index (Phi) is 4.25. The molecule has 2 rings (SSSR count). The largest absolute Gasteiger partial charge is 0.507 e. The summed E-state index contributed by atoms with van der Waals surface area (Å²) in [4.78, 5) is 11.9. The summed E-state index contributed by atoms with van der Waals surface area (Å²) in [6, 6.07) is 12.3. The van der Waals surface area contributed by atoms with Gasteiger partial charge in [-0.3, -0.25) is 0 Å². The van der Waals surface area contributed by atoms with E-state index in [0.717, 1.165) is 5.56 Å². The summed E-state index contributed by atoms with van der Waals surface area (Å²) in [6.45, 7) is 1.86. The summed E-state index contributed by atoms with van der Waals surface area (Å²) in [5.74, 6) is 0.120. The highest BCUT2D eigenvalue weighted by Crippen LogP contribution is 2.22. The quantitative estimate of drug-likeness (QED) is 0.869. The SMILES string of the molecule is COc1cccc(COC(=O)c2cccc(C)c2O)c1. The van der Waals surface area contributed by atoms with Gasteiger partial charge < -0.3 is 14.6 Å². The van der Waals surface area contributed by atoms with Gasteiger partial charge in [0.15, 0.2) is 0 Å². The van der Waals surface area contributed by atoms with Crippen molar-refractivity contribution in [2.24, 2.45) is 0 Å². The zero-order chi connectivity index (χ0) is 14.5. The van der Waals surface area contributed by atoms with Crippen molar-refractivity contribution in [2.45, 2.75) is 13.5 Å². The van der Waals surface area contributed by atoms with Gasteiger partial charge in [0.05, 0.1) is 7.11 Å². The number of phenolic OH excluding ortho intramolecular Hbond substituents is 1. The summed E-state index contributed by atoms with van der Waals surface area (Å²) in [7, 11) is 1.58. The van der Waals surface area contributed by atoms with Crippen molar-refractivity contribution in [3.63, 3.8) is 0 Å². The maximum absolute atomic E-state index is 11.9. The number of aromatic hydroxyl groups is 1. The Labute approximate surface area is 117 Å². The van der Waals surface area contributed by atoms with Crippen LogP contribution in [0.4, 0.5) is 0 Å². The second-order valence-electron chi connectivity index (χ2n) is 4.40. The van der Waals surface area contributed by atoms with E-state index in [4.69, 9.17) is 9.47 Å². The third kappa shape index (κ3) is 3.09. The van der Waals surface area contributed by atoms with Gasteiger partial charge in [0.25, 0.3) is 0 Å². The first-order valence-electron chi connectivity index (χ1n) is 6.20. The van der Waals surface area contributed by atoms with Gasteiger partial charge in [-0.25, -0.2) is 4.79 Å². The lowest BCUT2D eigenvalue weighted by Crippen LogP contribution is -2.06. The van der Waals surface area contributed by atoms with Crippen LogP contribution in [0, 0.1) is 6.92 Å². The molecule has 0 amide bonds. The molecule has 0 radical (unpaired) electrons. The Bertz CT molecular complexity index is 620. The first-order valence-corrected chi connectivity index (χ1v) is 6.20. The van der Waals surface area contributed by atoms with Gasteiger partial charge in [-0.15, -0.1) is 0 Å². The summed E-state index contributed by atoms with van der Waals surface area (Å²) < 4.78 is 10.3. The van der Waals surface area contributed by atoms with Crippen molar-refractivity contribution < 1.29 is 19.4 Å². The van der Waals surface area contributed by atoms with Crippen LogP contribution >= 0.6 is 0 Å². The summed E-state index contributed by atoms with van der Waals surface area (Å²) in [5.41, 5.74) is 1.64. The van der Waals surface area contributed by atoms with Crippen LogP contribution in [0.15, 0.2) is 42.5 Å². The molecule has 0 aliphatic heterocycles. The van der Waals surface area contributed by atoms with Crippen LogP contribution in [0.25, 0.3) is 0 Å². The van der Waals surface area contributed by atoms with E-state index in [1.165, 1.54) is 6.07 Å². The van der Waals surface area contributed by atoms with Gasteiger partial charge in [0.1, 0.15) is 23.7 Å². The third-order valence-corrected chi connectivity index (χ3v) is 2.96. The lowest BCUT2D eigenvalue weighted by atomic mass is 10.1. The standard InChI is InChI=1S/C16H16O4/c1-11-5-3-8-14(15(11)17)16(18)20-10-12-6-4-7-13(9-12)19-2/h3-9,17H,10H2,1-2H3. The molecular formula is C16H16O4. The number of carbonyl (C=O) groups is 1. The maximum atomic E-state index is 11.9. The molecule has 0 bridgehead atoms. The fourth-order valence-electron chi connectivity index (χ4n) is 1.81. The monoisotopic (exact) mass is 272 g/mol. The van der Waals surface area contributed by atoms with Crippen molar-refractivity contribution in [3.8, 4) is 11.5 Å². The van der Waals surface area contributed by atoms with Crippen LogP contribution in [-0.4, -0.2) is 18.2 Å². The fraction of sp³-hybridized carbons (Fsp3) is 0.188. The molecule has 0 atom stereocenters. The predicted octanol–water partition coefficient (Wildman–Crippen LogP) is 3.07. The Morgan fingerprint density at radius 2 is 1.95 bits per heavy atom. The van der Waals surface area contributed by atoms with Crippen LogP contribution in [0.5, 0.6) is 11.5 Å². The number of ether oxygens (including phenoxy) is 2. The average molecular weight is 272 g/mol. The van der Waals surface area contributed by atoms with Gasteiger partial charge in [0.2, 0.25) is 0 Å². The van der Waals surface area contributed by atoms with E-state index in [0.29, 0.717) is 11.3 Å². The van der Waals surface area contributed by atoms with Crippen LogP contribution in [0.3, 0.4) is 0 Å². The van der Waals surface area contributed by atoms with Crippen LogP contribution < -0.4 is 4.74 Å². The molecule has 0 saturated heterocycles. The number of phenols is 1. The highest BCUT2D eigenvalue weighted by atomic mass is 16.5. The Balaban J connectivity index is 2.06. The molecule has 2 aromatic rings. The number of benzene rings is 2. The molecule has 1 N–H and O–H groups in total. The minimum Gasteiger partial charge on any atom is -0.507 e. The first kappa shape index (κ1) is 13.9. The number of esters is 1. The summed E-state index contributed by atoms with van der Waals surface area (Å²) in [5, 5.41) is 9.83. The highest BCUT2D eigenvalue weighted by molar-refractivity contribution is 5.92. The Morgan fingerprint density at radius 3 is 2.70 bits per heavy atom. The maximum Gasteiger partial charge on any atom is 0.342 e. The second kappa shape index (κ2) is 6.10. The average Bonchev–Trinajstić information content (AvgIpc) is 2.48. The normalized spacial score (nSPS) is 10.1. The topological polar surface area (TPSA) is 55.8 Å². The van der Waals surface area contributed by atoms with E-state index >= 15 is 0 Å². The number of methoxy groups -OCH3 is 1. The molecule has 0 spiro atoms. The van der Waals surface area contributed by atoms with Gasteiger partial charge in [0, 0.05) is 0 Å². The zero-order valence-corrected chi connectivity index (χ0v) is 11.4. The van der Waals surface area contributed by atoms with E-state index in [9.17, 15) is 9.90 Å². The first-order chi connectivity index (χ1) is 9.61. The molecule has 0 aliphatic rings. The number of hydrogen-bond donors (Lipinski definition) is 1. The number of rotatable bonds is 4. The fourth-order valence-corrected chi connectivity index (χ4v) is 1.81. The predicted molar refractivity (Wildman–Crippen MR) is 75.0 cm³/mol. The Hall–Kier alpha value is -2.49. The number of aryl methyl sites for hydroxylation is 1. The molecule has 2 aromatic carbocycles. The van der Waals surface area contributed by atoms with Crippen molar-refractivity contribution >= 4 is 5.97 Å². The number of para-hydroxylation sites is 1. The van der Waals surface area contributed by atoms with E-state index < -0.39 is 5.97 Å². The molecule has 0 fully saturated rings. The van der Waals surface area contributed by atoms with E-state index in [2.05, 4.69) is 0 Å². The van der Waals surface area contributed by atoms with E-state index in [-0.39, 0.29) is 17.9 Å². The highest BCUT2D eigenvalue weighted by Gasteiger charge is 2.13. The second-order valence-corrected chi connectivity index (χ2v) is 4.40. The molecule has 0 aromatic heterocycles. The molecule has 4 nitrogen and oxygen atoms in total. The van der Waals surface area contributed by atoms with Crippen molar-refractivity contribution in [3.05, 3.63) is 59.2 Å². The smallest absolute Gasteiger partial charge is 0.342 e. The third-order valence-electron chi connectivity index (χ3n) is 2.96. The van der Waals surface area contributed by atoms with Crippen LogP contribution in [0.1, 0.15) is 21.5 Å².